The summed E-state index contributed by atoms with van der Waals surface area (Å²) in [5.41, 5.74) is 0. The van der Waals surface area contributed by atoms with Crippen molar-refractivity contribution in [1.29, 1.82) is 0 Å². The first-order chi connectivity index (χ1) is 38.7. The standard InChI is InChI=1S/C61H118O17P2/c1-5-9-13-17-19-21-23-24-25-26-27-28-29-30-31-32-34-36-40-44-48-61(66)78-57(52-72-59(64)46-42-39-35-33-22-20-18-14-10-6-2)54-76-80(69,70)74-50-55(62)49-73-79(67,68)75-53-56(77-60(65)47-43-38-16-12-8-4)51-71-58(63)45-41-37-15-11-7-3/h55-57,62H,5-54H2,1-4H3,(H,67,68)(H,69,70)/t55-,56+,57+/m0/s1. The summed E-state index contributed by atoms with van der Waals surface area (Å²) in [6.07, 6.45) is 41.3. The second-order valence-electron chi connectivity index (χ2n) is 22.1. The van der Waals surface area contributed by atoms with E-state index in [0.717, 1.165) is 96.3 Å². The number of esters is 4. The zero-order valence-corrected chi connectivity index (χ0v) is 52.8. The van der Waals surface area contributed by atoms with Crippen LogP contribution < -0.4 is 0 Å². The summed E-state index contributed by atoms with van der Waals surface area (Å²) in [4.78, 5) is 71.5. The van der Waals surface area contributed by atoms with E-state index < -0.39 is 97.5 Å². The number of phosphoric ester groups is 2. The quantitative estimate of drug-likeness (QED) is 0.0222. The van der Waals surface area contributed by atoms with Crippen molar-refractivity contribution in [2.24, 2.45) is 0 Å². The van der Waals surface area contributed by atoms with Crippen molar-refractivity contribution in [3.8, 4) is 0 Å². The Morgan fingerprint density at radius 1 is 0.300 bits per heavy atom. The number of carbonyl (C=O) groups is 4. The first-order valence-corrected chi connectivity index (χ1v) is 35.3. The Bertz CT molecular complexity index is 1550. The molecule has 0 aliphatic rings. The highest BCUT2D eigenvalue weighted by Crippen LogP contribution is 2.45. The van der Waals surface area contributed by atoms with E-state index in [1.165, 1.54) is 135 Å². The molecule has 80 heavy (non-hydrogen) atoms. The lowest BCUT2D eigenvalue weighted by Gasteiger charge is -2.21. The van der Waals surface area contributed by atoms with Crippen LogP contribution in [0.2, 0.25) is 0 Å². The van der Waals surface area contributed by atoms with Gasteiger partial charge in [0.15, 0.2) is 12.2 Å². The average molecular weight is 1190 g/mol. The number of carbonyl (C=O) groups excluding carboxylic acids is 4. The molecule has 17 nitrogen and oxygen atoms in total. The minimum Gasteiger partial charge on any atom is -0.462 e. The van der Waals surface area contributed by atoms with Crippen molar-refractivity contribution in [2.45, 2.75) is 329 Å². The number of ether oxygens (including phenoxy) is 4. The summed E-state index contributed by atoms with van der Waals surface area (Å²) in [6, 6.07) is 0. The summed E-state index contributed by atoms with van der Waals surface area (Å²) in [5, 5.41) is 10.5. The third-order valence-corrected chi connectivity index (χ3v) is 16.0. The van der Waals surface area contributed by atoms with E-state index >= 15 is 0 Å². The highest BCUT2D eigenvalue weighted by Gasteiger charge is 2.30. The van der Waals surface area contributed by atoms with Crippen molar-refractivity contribution in [2.75, 3.05) is 39.6 Å². The molecule has 0 saturated heterocycles. The third kappa shape index (κ3) is 55.3. The van der Waals surface area contributed by atoms with Crippen LogP contribution in [0.25, 0.3) is 0 Å². The van der Waals surface area contributed by atoms with E-state index in [0.29, 0.717) is 25.7 Å². The molecule has 0 fully saturated rings. The maximum atomic E-state index is 12.9. The molecule has 0 spiro atoms. The molecule has 19 heteroatoms. The van der Waals surface area contributed by atoms with E-state index in [1.54, 1.807) is 0 Å². The number of hydrogen-bond donors (Lipinski definition) is 3. The fraction of sp³-hybridized carbons (Fsp3) is 0.934. The molecule has 0 amide bonds. The van der Waals surface area contributed by atoms with Gasteiger partial charge in [0.1, 0.15) is 19.3 Å². The van der Waals surface area contributed by atoms with Crippen LogP contribution in [-0.4, -0.2) is 96.7 Å². The number of aliphatic hydroxyl groups is 1. The van der Waals surface area contributed by atoms with Gasteiger partial charge >= 0.3 is 39.5 Å². The largest absolute Gasteiger partial charge is 0.472 e. The highest BCUT2D eigenvalue weighted by molar-refractivity contribution is 7.47. The zero-order valence-electron chi connectivity index (χ0n) is 51.0. The number of phosphoric acid groups is 2. The molecule has 0 aliphatic carbocycles. The Morgan fingerprint density at radius 3 is 0.738 bits per heavy atom. The maximum Gasteiger partial charge on any atom is 0.472 e. The molecule has 0 heterocycles. The lowest BCUT2D eigenvalue weighted by Crippen LogP contribution is -2.30. The molecule has 0 bridgehead atoms. The number of rotatable bonds is 62. The Labute approximate surface area is 486 Å². The van der Waals surface area contributed by atoms with Gasteiger partial charge in [-0.25, -0.2) is 9.13 Å². The maximum absolute atomic E-state index is 12.9. The average Bonchev–Trinajstić information content (AvgIpc) is 3.43. The van der Waals surface area contributed by atoms with Gasteiger partial charge in [0.25, 0.3) is 0 Å². The van der Waals surface area contributed by atoms with Crippen molar-refractivity contribution in [3.63, 3.8) is 0 Å². The van der Waals surface area contributed by atoms with Crippen LogP contribution in [0, 0.1) is 0 Å². The molecule has 5 atom stereocenters. The van der Waals surface area contributed by atoms with E-state index in [1.807, 2.05) is 0 Å². The van der Waals surface area contributed by atoms with Crippen LogP contribution in [0.4, 0.5) is 0 Å². The molecule has 0 aliphatic heterocycles. The molecule has 0 aromatic carbocycles. The molecular formula is C61H118O17P2. The van der Waals surface area contributed by atoms with Crippen LogP contribution in [0.3, 0.4) is 0 Å². The summed E-state index contributed by atoms with van der Waals surface area (Å²) < 4.78 is 67.4. The van der Waals surface area contributed by atoms with Crippen molar-refractivity contribution in [3.05, 3.63) is 0 Å². The van der Waals surface area contributed by atoms with Crippen LogP contribution in [-0.2, 0) is 65.4 Å². The first-order valence-electron chi connectivity index (χ1n) is 32.3. The van der Waals surface area contributed by atoms with Gasteiger partial charge in [-0.1, -0.05) is 259 Å². The van der Waals surface area contributed by atoms with Gasteiger partial charge in [0, 0.05) is 25.7 Å². The van der Waals surface area contributed by atoms with Gasteiger partial charge in [0.2, 0.25) is 0 Å². The normalized spacial score (nSPS) is 14.2. The number of hydrogen-bond acceptors (Lipinski definition) is 15. The number of aliphatic hydroxyl groups excluding tert-OH is 1. The third-order valence-electron chi connectivity index (χ3n) is 14.1. The topological polar surface area (TPSA) is 237 Å². The van der Waals surface area contributed by atoms with Crippen LogP contribution >= 0.6 is 15.6 Å². The van der Waals surface area contributed by atoms with Crippen molar-refractivity contribution in [1.82, 2.24) is 0 Å². The van der Waals surface area contributed by atoms with Gasteiger partial charge in [-0.05, 0) is 25.7 Å². The molecule has 0 radical (unpaired) electrons. The minimum atomic E-state index is -4.94. The molecule has 474 valence electrons. The lowest BCUT2D eigenvalue weighted by atomic mass is 10.0. The summed E-state index contributed by atoms with van der Waals surface area (Å²) in [5.74, 6) is -2.16. The fourth-order valence-electron chi connectivity index (χ4n) is 9.10. The molecule has 0 saturated carbocycles. The SMILES string of the molecule is CCCCCCCCCCCCCCCCCCCCCCC(=O)O[C@H](COC(=O)CCCCCCCCCCCC)COP(=O)(O)OC[C@@H](O)COP(=O)(O)OC[C@@H](COC(=O)CCCCCCC)OC(=O)CCCCCCC. The molecule has 3 N–H and O–H groups in total. The van der Waals surface area contributed by atoms with Gasteiger partial charge in [0.05, 0.1) is 26.4 Å². The van der Waals surface area contributed by atoms with Crippen molar-refractivity contribution < 1.29 is 80.2 Å². The van der Waals surface area contributed by atoms with Crippen molar-refractivity contribution >= 4 is 39.5 Å². The summed E-state index contributed by atoms with van der Waals surface area (Å²) in [7, 11) is -9.86. The smallest absolute Gasteiger partial charge is 0.462 e. The Morgan fingerprint density at radius 2 is 0.500 bits per heavy atom. The monoisotopic (exact) mass is 1180 g/mol. The van der Waals surface area contributed by atoms with Gasteiger partial charge in [-0.3, -0.25) is 37.3 Å². The number of unbranched alkanes of at least 4 members (excludes halogenated alkanes) is 36. The predicted molar refractivity (Wildman–Crippen MR) is 317 cm³/mol. The van der Waals surface area contributed by atoms with Crippen LogP contribution in [0.1, 0.15) is 310 Å². The summed E-state index contributed by atoms with van der Waals surface area (Å²) >= 11 is 0. The highest BCUT2D eigenvalue weighted by atomic mass is 31.2. The van der Waals surface area contributed by atoms with E-state index in [4.69, 9.17) is 37.0 Å². The second-order valence-corrected chi connectivity index (χ2v) is 25.0. The lowest BCUT2D eigenvalue weighted by molar-refractivity contribution is -0.161. The Kier molecular flexibility index (Phi) is 54.8. The molecular weight excluding hydrogens is 1070 g/mol. The molecule has 2 unspecified atom stereocenters. The fourth-order valence-corrected chi connectivity index (χ4v) is 10.7. The predicted octanol–water partition coefficient (Wildman–Crippen LogP) is 16.8. The van der Waals surface area contributed by atoms with Crippen LogP contribution in [0.5, 0.6) is 0 Å². The van der Waals surface area contributed by atoms with E-state index in [9.17, 15) is 43.2 Å². The molecule has 0 rings (SSSR count). The Hall–Kier alpha value is -1.94. The van der Waals surface area contributed by atoms with E-state index in [2.05, 4.69) is 27.7 Å². The van der Waals surface area contributed by atoms with Gasteiger partial charge in [-0.15, -0.1) is 0 Å². The second kappa shape index (κ2) is 56.2. The molecule has 0 aromatic heterocycles. The molecule has 0 aromatic rings. The zero-order chi connectivity index (χ0) is 59.1. The summed E-state index contributed by atoms with van der Waals surface area (Å²) in [6.45, 7) is 4.68. The van der Waals surface area contributed by atoms with E-state index in [-0.39, 0.29) is 25.7 Å². The minimum absolute atomic E-state index is 0.0991. The first kappa shape index (κ1) is 78.1. The van der Waals surface area contributed by atoms with Gasteiger partial charge in [-0.2, -0.15) is 0 Å². The Balaban J connectivity index is 5.02. The van der Waals surface area contributed by atoms with Crippen LogP contribution in [0.15, 0.2) is 0 Å². The van der Waals surface area contributed by atoms with Gasteiger partial charge < -0.3 is 33.8 Å².